The van der Waals surface area contributed by atoms with Gasteiger partial charge in [-0.05, 0) is 6.92 Å². The van der Waals surface area contributed by atoms with E-state index in [9.17, 15) is 53.4 Å². The Bertz CT molecular complexity index is 1720. The van der Waals surface area contributed by atoms with Gasteiger partial charge in [0, 0.05) is 7.11 Å². The number of carbonyl (C=O) groups is 3. The Balaban J connectivity index is 2.38. The van der Waals surface area contributed by atoms with Crippen LogP contribution in [0.15, 0.2) is 28.8 Å². The molecular weight excluding hydrogens is 600 g/mol. The lowest BCUT2D eigenvalue weighted by atomic mass is 10.4. The molecule has 2 aromatic rings. The minimum absolute atomic E-state index is 0.0653. The highest BCUT2D eigenvalue weighted by Gasteiger charge is 2.22. The molecule has 2 N–H and O–H groups in total. The molecule has 2 heterocycles. The molecule has 0 fully saturated rings. The average Bonchev–Trinajstić information content (AvgIpc) is 2.98. The fraction of sp³-hybridized carbons (Fsp3) is 0.609. The van der Waals surface area contributed by atoms with Gasteiger partial charge in [0.1, 0.15) is 32.8 Å². The number of ether oxygens (including phenoxy) is 4. The molecule has 2 aromatic heterocycles. The molecule has 21 nitrogen and oxygen atoms in total. The molecule has 0 aromatic carbocycles. The van der Waals surface area contributed by atoms with Crippen LogP contribution in [0.3, 0.4) is 0 Å². The number of aliphatic hydroxyl groups excluding tert-OH is 2. The second-order valence-corrected chi connectivity index (χ2v) is 8.95. The van der Waals surface area contributed by atoms with E-state index in [1.807, 2.05) is 0 Å². The van der Waals surface area contributed by atoms with Gasteiger partial charge in [0.15, 0.2) is 0 Å². The first kappa shape index (κ1) is 35.3. The summed E-state index contributed by atoms with van der Waals surface area (Å²) in [4.78, 5) is 113. The van der Waals surface area contributed by atoms with E-state index in [-0.39, 0.29) is 26.9 Å². The topological polar surface area (TPSA) is 261 Å². The maximum absolute atomic E-state index is 12.9. The van der Waals surface area contributed by atoms with Gasteiger partial charge in [-0.15, -0.1) is 0 Å². The van der Waals surface area contributed by atoms with Crippen LogP contribution >= 0.6 is 0 Å². The van der Waals surface area contributed by atoms with Crippen molar-refractivity contribution in [2.45, 2.75) is 52.3 Å². The summed E-state index contributed by atoms with van der Waals surface area (Å²) in [6.07, 6.45) is -1.07. The van der Waals surface area contributed by atoms with Crippen molar-refractivity contribution in [1.82, 2.24) is 27.4 Å². The van der Waals surface area contributed by atoms with Gasteiger partial charge in [0.2, 0.25) is 0 Å². The maximum atomic E-state index is 12.9. The van der Waals surface area contributed by atoms with Gasteiger partial charge in [0.25, 0.3) is 0 Å². The Morgan fingerprint density at radius 2 is 1.00 bits per heavy atom. The zero-order valence-electron chi connectivity index (χ0n) is 24.0. The number of nitrogens with zero attached hydrogens (tertiary/aromatic N) is 6. The molecule has 0 amide bonds. The van der Waals surface area contributed by atoms with Crippen molar-refractivity contribution in [1.29, 1.82) is 0 Å². The predicted molar refractivity (Wildman–Crippen MR) is 143 cm³/mol. The van der Waals surface area contributed by atoms with Gasteiger partial charge in [0.05, 0.1) is 46.1 Å². The quantitative estimate of drug-likeness (QED) is 0.129. The largest absolute Gasteiger partial charge is 0.468 e. The first-order valence-electron chi connectivity index (χ1n) is 12.8. The standard InChI is InChI=1S/C23H32N6O15/c1-14(31)13-44-17(34)12-29-22(39)27(10-15(32)42-3)21(38)28(23(29)40)11-16(33)43-9-6-26-19(36)24(4-7-30)18(35)25(20(26)37)5-8-41-2/h14,30-31H,4-13H2,1-3H3. The number of carbonyl (C=O) groups excluding carboxylic acids is 3. The van der Waals surface area contributed by atoms with Crippen LogP contribution in [0.5, 0.6) is 0 Å². The molecule has 244 valence electrons. The van der Waals surface area contributed by atoms with Crippen molar-refractivity contribution in [3.05, 3.63) is 62.9 Å². The summed E-state index contributed by atoms with van der Waals surface area (Å²) in [5.74, 6) is -3.51. The van der Waals surface area contributed by atoms with Crippen LogP contribution in [-0.4, -0.2) is 102 Å². The van der Waals surface area contributed by atoms with E-state index in [2.05, 4.69) is 4.74 Å². The van der Waals surface area contributed by atoms with Crippen LogP contribution in [0.2, 0.25) is 0 Å². The van der Waals surface area contributed by atoms with Gasteiger partial charge in [-0.1, -0.05) is 0 Å². The molecular formula is C23H32N6O15. The molecule has 2 rings (SSSR count). The lowest BCUT2D eigenvalue weighted by Gasteiger charge is -2.14. The van der Waals surface area contributed by atoms with Gasteiger partial charge in [-0.2, -0.15) is 0 Å². The van der Waals surface area contributed by atoms with Gasteiger partial charge >= 0.3 is 52.0 Å². The van der Waals surface area contributed by atoms with E-state index in [4.69, 9.17) is 14.2 Å². The second-order valence-electron chi connectivity index (χ2n) is 8.95. The molecule has 21 heteroatoms. The number of aliphatic hydroxyl groups is 2. The van der Waals surface area contributed by atoms with Crippen LogP contribution in [-0.2, 0) is 72.6 Å². The van der Waals surface area contributed by atoms with Crippen LogP contribution in [0.1, 0.15) is 6.92 Å². The minimum atomic E-state index is -1.44. The van der Waals surface area contributed by atoms with Crippen molar-refractivity contribution in [2.24, 2.45) is 0 Å². The summed E-state index contributed by atoms with van der Waals surface area (Å²) in [6.45, 7) is -4.96. The maximum Gasteiger partial charge on any atom is 0.337 e. The first-order chi connectivity index (χ1) is 20.8. The molecule has 0 radical (unpaired) electrons. The minimum Gasteiger partial charge on any atom is -0.468 e. The van der Waals surface area contributed by atoms with Gasteiger partial charge < -0.3 is 29.2 Å². The predicted octanol–water partition coefficient (Wildman–Crippen LogP) is -6.36. The number of methoxy groups -OCH3 is 2. The summed E-state index contributed by atoms with van der Waals surface area (Å²) in [5.41, 5.74) is -7.42. The Kier molecular flexibility index (Phi) is 12.9. The van der Waals surface area contributed by atoms with E-state index >= 15 is 0 Å². The molecule has 0 aliphatic carbocycles. The van der Waals surface area contributed by atoms with E-state index in [0.29, 0.717) is 13.7 Å². The van der Waals surface area contributed by atoms with E-state index in [0.717, 1.165) is 7.11 Å². The van der Waals surface area contributed by atoms with E-state index in [1.54, 1.807) is 0 Å². The van der Waals surface area contributed by atoms with Crippen molar-refractivity contribution in [3.63, 3.8) is 0 Å². The highest BCUT2D eigenvalue weighted by molar-refractivity contribution is 5.70. The molecule has 1 atom stereocenters. The number of hydrogen-bond acceptors (Lipinski definition) is 15. The summed E-state index contributed by atoms with van der Waals surface area (Å²) in [5, 5.41) is 18.5. The number of aromatic nitrogens is 6. The van der Waals surface area contributed by atoms with Gasteiger partial charge in [-0.3, -0.25) is 14.4 Å². The molecule has 0 bridgehead atoms. The van der Waals surface area contributed by atoms with Crippen LogP contribution < -0.4 is 34.1 Å². The molecule has 0 saturated carbocycles. The highest BCUT2D eigenvalue weighted by atomic mass is 16.5. The van der Waals surface area contributed by atoms with Crippen LogP contribution in [0.4, 0.5) is 0 Å². The Labute approximate surface area is 245 Å². The first-order valence-corrected chi connectivity index (χ1v) is 12.8. The Morgan fingerprint density at radius 3 is 1.41 bits per heavy atom. The highest BCUT2D eigenvalue weighted by Crippen LogP contribution is 1.90. The van der Waals surface area contributed by atoms with E-state index in [1.165, 1.54) is 14.0 Å². The Morgan fingerprint density at radius 1 is 0.614 bits per heavy atom. The van der Waals surface area contributed by atoms with Crippen LogP contribution in [0, 0.1) is 0 Å². The lowest BCUT2D eigenvalue weighted by Crippen LogP contribution is -2.56. The van der Waals surface area contributed by atoms with E-state index < -0.39 is 111 Å². The summed E-state index contributed by atoms with van der Waals surface area (Å²) in [7, 11) is 2.28. The fourth-order valence-electron chi connectivity index (χ4n) is 3.63. The lowest BCUT2D eigenvalue weighted by molar-refractivity contribution is -0.147. The summed E-state index contributed by atoms with van der Waals surface area (Å²) >= 11 is 0. The number of esters is 3. The van der Waals surface area contributed by atoms with Crippen molar-refractivity contribution >= 4 is 17.9 Å². The molecule has 1 unspecified atom stereocenters. The second kappa shape index (κ2) is 16.1. The third-order valence-corrected chi connectivity index (χ3v) is 5.77. The molecule has 0 saturated heterocycles. The molecule has 0 aliphatic heterocycles. The van der Waals surface area contributed by atoms with Gasteiger partial charge in [-0.25, -0.2) is 56.2 Å². The molecule has 44 heavy (non-hydrogen) atoms. The third kappa shape index (κ3) is 8.58. The van der Waals surface area contributed by atoms with Crippen molar-refractivity contribution in [3.8, 4) is 0 Å². The number of hydrogen-bond donors (Lipinski definition) is 2. The average molecular weight is 633 g/mol. The third-order valence-electron chi connectivity index (χ3n) is 5.77. The van der Waals surface area contributed by atoms with Crippen LogP contribution in [0.25, 0.3) is 0 Å². The monoisotopic (exact) mass is 632 g/mol. The zero-order chi connectivity index (χ0) is 33.1. The Hall–Kier alpha value is -4.89. The smallest absolute Gasteiger partial charge is 0.337 e. The fourth-order valence-corrected chi connectivity index (χ4v) is 3.63. The van der Waals surface area contributed by atoms with Crippen molar-refractivity contribution < 1.29 is 43.5 Å². The SMILES string of the molecule is COCCn1c(=O)n(CCO)c(=O)n(CCOC(=O)Cn2c(=O)n(CC(=O)OC)c(=O)n(CC(=O)OCC(C)O)c2=O)c1=O. The van der Waals surface area contributed by atoms with Crippen molar-refractivity contribution in [2.75, 3.05) is 40.6 Å². The molecule has 0 spiro atoms. The zero-order valence-corrected chi connectivity index (χ0v) is 24.0. The molecule has 0 aliphatic rings. The summed E-state index contributed by atoms with van der Waals surface area (Å²) in [6, 6.07) is 0. The summed E-state index contributed by atoms with van der Waals surface area (Å²) < 4.78 is 21.5. The normalized spacial score (nSPS) is 11.7. The number of rotatable bonds is 16.